The van der Waals surface area contributed by atoms with Crippen molar-refractivity contribution in [3.63, 3.8) is 0 Å². The van der Waals surface area contributed by atoms with E-state index in [1.807, 2.05) is 32.0 Å². The van der Waals surface area contributed by atoms with Crippen LogP contribution >= 0.6 is 15.9 Å². The highest BCUT2D eigenvalue weighted by Gasteiger charge is 2.17. The molecule has 0 saturated carbocycles. The molecule has 0 fully saturated rings. The van der Waals surface area contributed by atoms with Gasteiger partial charge in [-0.3, -0.25) is 0 Å². The molecule has 0 spiro atoms. The lowest BCUT2D eigenvalue weighted by Crippen LogP contribution is -2.10. The minimum absolute atomic E-state index is 0.270. The Morgan fingerprint density at radius 2 is 2.00 bits per heavy atom. The zero-order valence-electron chi connectivity index (χ0n) is 8.58. The SMILES string of the molecule is Cc1cc(C(N)c2ccc(Br)o2)c(C)o1. The molecule has 2 rings (SSSR count). The average molecular weight is 270 g/mol. The molecule has 0 aliphatic rings. The Morgan fingerprint density at radius 3 is 2.47 bits per heavy atom. The van der Waals surface area contributed by atoms with Gasteiger partial charge in [-0.1, -0.05) is 0 Å². The summed E-state index contributed by atoms with van der Waals surface area (Å²) in [6.07, 6.45) is 0. The van der Waals surface area contributed by atoms with Crippen LogP contribution in [-0.4, -0.2) is 0 Å². The molecule has 1 unspecified atom stereocenters. The van der Waals surface area contributed by atoms with E-state index in [4.69, 9.17) is 14.6 Å². The lowest BCUT2D eigenvalue weighted by molar-refractivity contribution is 0.462. The second-order valence-corrected chi connectivity index (χ2v) is 4.27. The van der Waals surface area contributed by atoms with Gasteiger partial charge >= 0.3 is 0 Å². The Hall–Kier alpha value is -1.00. The van der Waals surface area contributed by atoms with E-state index in [2.05, 4.69) is 15.9 Å². The third kappa shape index (κ3) is 2.01. The molecule has 1 atom stereocenters. The van der Waals surface area contributed by atoms with Gasteiger partial charge in [-0.15, -0.1) is 0 Å². The smallest absolute Gasteiger partial charge is 0.169 e. The van der Waals surface area contributed by atoms with Crippen LogP contribution in [0, 0.1) is 13.8 Å². The number of hydrogen-bond donors (Lipinski definition) is 1. The Bertz CT molecular complexity index is 473. The van der Waals surface area contributed by atoms with Crippen molar-refractivity contribution in [3.05, 3.63) is 45.7 Å². The summed E-state index contributed by atoms with van der Waals surface area (Å²) >= 11 is 3.25. The number of halogens is 1. The van der Waals surface area contributed by atoms with Gasteiger partial charge in [0.05, 0.1) is 6.04 Å². The van der Waals surface area contributed by atoms with E-state index in [1.165, 1.54) is 0 Å². The monoisotopic (exact) mass is 269 g/mol. The molecule has 2 aromatic heterocycles. The van der Waals surface area contributed by atoms with Crippen LogP contribution in [0.3, 0.4) is 0 Å². The number of aryl methyl sites for hydroxylation is 2. The van der Waals surface area contributed by atoms with Gasteiger partial charge in [0, 0.05) is 5.56 Å². The van der Waals surface area contributed by atoms with Crippen LogP contribution in [0.15, 0.2) is 31.7 Å². The molecule has 0 aliphatic carbocycles. The summed E-state index contributed by atoms with van der Waals surface area (Å²) in [5.74, 6) is 2.43. The molecule has 0 amide bonds. The van der Waals surface area contributed by atoms with E-state index in [-0.39, 0.29) is 6.04 Å². The van der Waals surface area contributed by atoms with Gasteiger partial charge in [-0.25, -0.2) is 0 Å². The fraction of sp³-hybridized carbons (Fsp3) is 0.273. The molecule has 2 aromatic rings. The molecule has 2 N–H and O–H groups in total. The molecule has 4 heteroatoms. The number of furan rings is 2. The van der Waals surface area contributed by atoms with Gasteiger partial charge < -0.3 is 14.6 Å². The normalized spacial score (nSPS) is 13.1. The van der Waals surface area contributed by atoms with Crippen LogP contribution < -0.4 is 5.73 Å². The highest BCUT2D eigenvalue weighted by atomic mass is 79.9. The fourth-order valence-corrected chi connectivity index (χ4v) is 1.93. The Balaban J connectivity index is 2.35. The predicted molar refractivity (Wildman–Crippen MR) is 60.6 cm³/mol. The lowest BCUT2D eigenvalue weighted by Gasteiger charge is -2.06. The van der Waals surface area contributed by atoms with E-state index < -0.39 is 0 Å². The van der Waals surface area contributed by atoms with E-state index in [1.54, 1.807) is 0 Å². The molecule has 0 aliphatic heterocycles. The highest BCUT2D eigenvalue weighted by Crippen LogP contribution is 2.27. The van der Waals surface area contributed by atoms with Crippen molar-refractivity contribution in [3.8, 4) is 0 Å². The van der Waals surface area contributed by atoms with Gasteiger partial charge in [-0.2, -0.15) is 0 Å². The first kappa shape index (κ1) is 10.5. The fourth-order valence-electron chi connectivity index (χ4n) is 1.61. The minimum Gasteiger partial charge on any atom is -0.466 e. The summed E-state index contributed by atoms with van der Waals surface area (Å²) < 4.78 is 11.5. The van der Waals surface area contributed by atoms with Crippen molar-refractivity contribution in [2.45, 2.75) is 19.9 Å². The largest absolute Gasteiger partial charge is 0.466 e. The van der Waals surface area contributed by atoms with Crippen molar-refractivity contribution < 1.29 is 8.83 Å². The van der Waals surface area contributed by atoms with Crippen LogP contribution in [0.4, 0.5) is 0 Å². The summed E-state index contributed by atoms with van der Waals surface area (Å²) in [7, 11) is 0. The standard InChI is InChI=1S/C11H12BrNO2/c1-6-5-8(7(2)14-6)11(13)9-3-4-10(12)15-9/h3-5,11H,13H2,1-2H3. The van der Waals surface area contributed by atoms with Crippen LogP contribution in [0.5, 0.6) is 0 Å². The molecule has 80 valence electrons. The summed E-state index contributed by atoms with van der Waals surface area (Å²) in [6.45, 7) is 3.81. The van der Waals surface area contributed by atoms with Crippen molar-refractivity contribution in [2.75, 3.05) is 0 Å². The quantitative estimate of drug-likeness (QED) is 0.910. The maximum Gasteiger partial charge on any atom is 0.169 e. The van der Waals surface area contributed by atoms with Crippen molar-refractivity contribution >= 4 is 15.9 Å². The maximum atomic E-state index is 6.07. The average Bonchev–Trinajstić information content (AvgIpc) is 2.71. The molecular formula is C11H12BrNO2. The van der Waals surface area contributed by atoms with Crippen LogP contribution in [0.25, 0.3) is 0 Å². The molecule has 0 saturated heterocycles. The topological polar surface area (TPSA) is 52.3 Å². The second kappa shape index (κ2) is 3.87. The van der Waals surface area contributed by atoms with Crippen molar-refractivity contribution in [1.82, 2.24) is 0 Å². The first-order chi connectivity index (χ1) is 7.08. The molecular weight excluding hydrogens is 258 g/mol. The molecule has 2 heterocycles. The number of hydrogen-bond acceptors (Lipinski definition) is 3. The summed E-state index contributed by atoms with van der Waals surface area (Å²) in [6, 6.07) is 5.36. The van der Waals surface area contributed by atoms with Crippen molar-refractivity contribution in [1.29, 1.82) is 0 Å². The zero-order chi connectivity index (χ0) is 11.0. The van der Waals surface area contributed by atoms with Gasteiger partial charge in [0.2, 0.25) is 0 Å². The van der Waals surface area contributed by atoms with E-state index >= 15 is 0 Å². The van der Waals surface area contributed by atoms with Crippen molar-refractivity contribution in [2.24, 2.45) is 5.73 Å². The van der Waals surface area contributed by atoms with E-state index in [0.717, 1.165) is 22.8 Å². The lowest BCUT2D eigenvalue weighted by atomic mass is 10.1. The van der Waals surface area contributed by atoms with Crippen LogP contribution in [0.2, 0.25) is 0 Å². The Morgan fingerprint density at radius 1 is 1.27 bits per heavy atom. The number of nitrogens with two attached hydrogens (primary N) is 1. The zero-order valence-corrected chi connectivity index (χ0v) is 10.2. The predicted octanol–water partition coefficient (Wildman–Crippen LogP) is 3.30. The maximum absolute atomic E-state index is 6.07. The van der Waals surface area contributed by atoms with Gasteiger partial charge in [0.15, 0.2) is 4.67 Å². The van der Waals surface area contributed by atoms with E-state index in [9.17, 15) is 0 Å². The Kier molecular flexibility index (Phi) is 2.71. The molecule has 15 heavy (non-hydrogen) atoms. The third-order valence-corrected chi connectivity index (χ3v) is 2.74. The highest BCUT2D eigenvalue weighted by molar-refractivity contribution is 9.10. The van der Waals surface area contributed by atoms with Crippen LogP contribution in [-0.2, 0) is 0 Å². The first-order valence-corrected chi connectivity index (χ1v) is 5.45. The second-order valence-electron chi connectivity index (χ2n) is 3.49. The number of rotatable bonds is 2. The summed E-state index contributed by atoms with van der Waals surface area (Å²) in [5.41, 5.74) is 7.04. The first-order valence-electron chi connectivity index (χ1n) is 4.65. The summed E-state index contributed by atoms with van der Waals surface area (Å²) in [5, 5.41) is 0. The van der Waals surface area contributed by atoms with Gasteiger partial charge in [0.25, 0.3) is 0 Å². The molecule has 0 aromatic carbocycles. The molecule has 0 radical (unpaired) electrons. The molecule has 3 nitrogen and oxygen atoms in total. The Labute approximate surface area is 96.4 Å². The minimum atomic E-state index is -0.270. The third-order valence-electron chi connectivity index (χ3n) is 2.31. The van der Waals surface area contributed by atoms with Gasteiger partial charge in [-0.05, 0) is 48.0 Å². The van der Waals surface area contributed by atoms with Gasteiger partial charge in [0.1, 0.15) is 17.3 Å². The molecule has 0 bridgehead atoms. The van der Waals surface area contributed by atoms with E-state index in [0.29, 0.717) is 4.67 Å². The van der Waals surface area contributed by atoms with Crippen LogP contribution in [0.1, 0.15) is 28.9 Å². The summed E-state index contributed by atoms with van der Waals surface area (Å²) in [4.78, 5) is 0.